The molecule has 1 aromatic rings. The molecule has 0 amide bonds. The molecule has 1 aliphatic carbocycles. The zero-order valence-electron chi connectivity index (χ0n) is 12.5. The van der Waals surface area contributed by atoms with Gasteiger partial charge < -0.3 is 14.8 Å². The lowest BCUT2D eigenvalue weighted by Crippen LogP contribution is -2.46. The fraction of sp³-hybridized carbons (Fsp3) is 0.647. The van der Waals surface area contributed by atoms with Crippen LogP contribution in [0.2, 0.25) is 0 Å². The van der Waals surface area contributed by atoms with E-state index in [4.69, 9.17) is 9.47 Å². The van der Waals surface area contributed by atoms with Gasteiger partial charge in [0.1, 0.15) is 0 Å². The summed E-state index contributed by atoms with van der Waals surface area (Å²) in [5, 5.41) is 3.47. The summed E-state index contributed by atoms with van der Waals surface area (Å²) in [5.74, 6) is 2.68. The molecule has 0 bridgehead atoms. The highest BCUT2D eigenvalue weighted by molar-refractivity contribution is 5.49. The van der Waals surface area contributed by atoms with Crippen molar-refractivity contribution in [3.8, 4) is 11.5 Å². The van der Waals surface area contributed by atoms with Gasteiger partial charge in [0.25, 0.3) is 0 Å². The van der Waals surface area contributed by atoms with Crippen molar-refractivity contribution in [2.24, 2.45) is 5.92 Å². The Hall–Kier alpha value is -1.26. The molecule has 1 aromatic carbocycles. The quantitative estimate of drug-likeness (QED) is 0.927. The molecule has 2 fully saturated rings. The molecule has 2 aliphatic heterocycles. The third-order valence-corrected chi connectivity index (χ3v) is 5.14. The van der Waals surface area contributed by atoms with Crippen LogP contribution in [-0.4, -0.2) is 37.9 Å². The van der Waals surface area contributed by atoms with Gasteiger partial charge in [0.2, 0.25) is 6.79 Å². The van der Waals surface area contributed by atoms with Crippen molar-refractivity contribution in [2.45, 2.75) is 31.7 Å². The predicted octanol–water partition coefficient (Wildman–Crippen LogP) is 2.55. The minimum Gasteiger partial charge on any atom is -0.454 e. The molecule has 1 atom stereocenters. The van der Waals surface area contributed by atoms with Crippen LogP contribution in [0.15, 0.2) is 18.2 Å². The van der Waals surface area contributed by atoms with Crippen molar-refractivity contribution >= 4 is 0 Å². The van der Waals surface area contributed by atoms with Crippen LogP contribution >= 0.6 is 0 Å². The second-order valence-corrected chi connectivity index (χ2v) is 6.36. The molecule has 21 heavy (non-hydrogen) atoms. The third kappa shape index (κ3) is 2.51. The second-order valence-electron chi connectivity index (χ2n) is 6.36. The summed E-state index contributed by atoms with van der Waals surface area (Å²) < 4.78 is 11.4. The average molecular weight is 288 g/mol. The first-order valence-electron chi connectivity index (χ1n) is 8.27. The summed E-state index contributed by atoms with van der Waals surface area (Å²) >= 11 is 0. The molecule has 0 spiro atoms. The normalized spacial score (nSPS) is 24.4. The van der Waals surface area contributed by atoms with E-state index in [1.165, 1.54) is 31.2 Å². The van der Waals surface area contributed by atoms with Gasteiger partial charge in [-0.25, -0.2) is 0 Å². The lowest BCUT2D eigenvalue weighted by atomic mass is 9.89. The molecule has 3 aliphatic rings. The molecule has 1 saturated heterocycles. The second kappa shape index (κ2) is 5.85. The van der Waals surface area contributed by atoms with Gasteiger partial charge in [-0.2, -0.15) is 0 Å². The number of para-hydroxylation sites is 1. The minimum absolute atomic E-state index is 0.366. The van der Waals surface area contributed by atoms with E-state index in [1.807, 2.05) is 6.07 Å². The van der Waals surface area contributed by atoms with Gasteiger partial charge in [0, 0.05) is 37.8 Å². The zero-order chi connectivity index (χ0) is 14.1. The molecular formula is C17H24N2O2. The van der Waals surface area contributed by atoms with Crippen LogP contribution in [0, 0.1) is 5.92 Å². The predicted molar refractivity (Wildman–Crippen MR) is 81.7 cm³/mol. The smallest absolute Gasteiger partial charge is 0.231 e. The van der Waals surface area contributed by atoms with Gasteiger partial charge >= 0.3 is 0 Å². The number of nitrogens with zero attached hydrogens (tertiary/aromatic N) is 1. The molecular weight excluding hydrogens is 264 g/mol. The summed E-state index contributed by atoms with van der Waals surface area (Å²) in [6, 6.07) is 6.88. The molecule has 4 heteroatoms. The summed E-state index contributed by atoms with van der Waals surface area (Å²) in [6.07, 6.45) is 5.44. The van der Waals surface area contributed by atoms with Gasteiger partial charge in [-0.3, -0.25) is 4.90 Å². The van der Waals surface area contributed by atoms with Crippen LogP contribution in [-0.2, 0) is 0 Å². The highest BCUT2D eigenvalue weighted by Gasteiger charge is 2.35. The topological polar surface area (TPSA) is 33.7 Å². The van der Waals surface area contributed by atoms with Crippen molar-refractivity contribution in [2.75, 3.05) is 33.0 Å². The summed E-state index contributed by atoms with van der Waals surface area (Å²) in [6.45, 7) is 4.81. The highest BCUT2D eigenvalue weighted by Crippen LogP contribution is 2.46. The van der Waals surface area contributed by atoms with Gasteiger partial charge in [-0.15, -0.1) is 0 Å². The van der Waals surface area contributed by atoms with E-state index in [9.17, 15) is 0 Å². The van der Waals surface area contributed by atoms with Crippen molar-refractivity contribution < 1.29 is 9.47 Å². The number of rotatable bonds is 3. The molecule has 114 valence electrons. The first-order valence-corrected chi connectivity index (χ1v) is 8.27. The maximum Gasteiger partial charge on any atom is 0.231 e. The van der Waals surface area contributed by atoms with Crippen LogP contribution in [0.1, 0.15) is 37.3 Å². The zero-order valence-corrected chi connectivity index (χ0v) is 12.5. The van der Waals surface area contributed by atoms with Crippen LogP contribution in [0.5, 0.6) is 11.5 Å². The number of piperazine rings is 1. The van der Waals surface area contributed by atoms with E-state index in [0.717, 1.165) is 43.6 Å². The van der Waals surface area contributed by atoms with Gasteiger partial charge in [0.15, 0.2) is 11.5 Å². The summed E-state index contributed by atoms with van der Waals surface area (Å²) in [5.41, 5.74) is 1.35. The maximum atomic E-state index is 5.80. The Morgan fingerprint density at radius 1 is 1.10 bits per heavy atom. The standard InChI is InChI=1S/C17H24N2O2/c1-2-5-13(4-1)16(19-10-8-18-9-11-19)14-6-3-7-15-17(14)21-12-20-15/h3,6-7,13,16,18H,1-2,4-5,8-12H2/t16-/m0/s1. The van der Waals surface area contributed by atoms with Crippen molar-refractivity contribution in [1.29, 1.82) is 0 Å². The Morgan fingerprint density at radius 3 is 2.71 bits per heavy atom. The van der Waals surface area contributed by atoms with E-state index in [2.05, 4.69) is 22.3 Å². The Labute approximate surface area is 126 Å². The maximum absolute atomic E-state index is 5.80. The first kappa shape index (κ1) is 13.4. The van der Waals surface area contributed by atoms with Crippen molar-refractivity contribution in [1.82, 2.24) is 10.2 Å². The summed E-state index contributed by atoms with van der Waals surface area (Å²) in [4.78, 5) is 2.66. The molecule has 0 aromatic heterocycles. The minimum atomic E-state index is 0.366. The van der Waals surface area contributed by atoms with Crippen molar-refractivity contribution in [3.63, 3.8) is 0 Å². The Balaban J connectivity index is 1.69. The SMILES string of the molecule is c1cc2c(c([C@H](C3CCCC3)N3CCNCC3)c1)OCO2. The molecule has 4 rings (SSSR count). The molecule has 1 saturated carbocycles. The third-order valence-electron chi connectivity index (χ3n) is 5.14. The lowest BCUT2D eigenvalue weighted by Gasteiger charge is -2.39. The molecule has 2 heterocycles. The molecule has 0 unspecified atom stereocenters. The number of fused-ring (bicyclic) bond motifs is 1. The Morgan fingerprint density at radius 2 is 1.90 bits per heavy atom. The van der Waals surface area contributed by atoms with Gasteiger partial charge in [-0.05, 0) is 24.8 Å². The fourth-order valence-corrected chi connectivity index (χ4v) is 4.17. The van der Waals surface area contributed by atoms with Gasteiger partial charge in [-0.1, -0.05) is 25.0 Å². The van der Waals surface area contributed by atoms with Gasteiger partial charge in [0.05, 0.1) is 0 Å². The first-order chi connectivity index (χ1) is 10.4. The van der Waals surface area contributed by atoms with E-state index < -0.39 is 0 Å². The fourth-order valence-electron chi connectivity index (χ4n) is 4.17. The number of ether oxygens (including phenoxy) is 2. The number of hydrogen-bond acceptors (Lipinski definition) is 4. The molecule has 1 N–H and O–H groups in total. The Kier molecular flexibility index (Phi) is 3.74. The monoisotopic (exact) mass is 288 g/mol. The average Bonchev–Trinajstić information content (AvgIpc) is 3.20. The van der Waals surface area contributed by atoms with E-state index >= 15 is 0 Å². The van der Waals surface area contributed by atoms with E-state index in [0.29, 0.717) is 12.8 Å². The van der Waals surface area contributed by atoms with Crippen LogP contribution in [0.3, 0.4) is 0 Å². The lowest BCUT2D eigenvalue weighted by molar-refractivity contribution is 0.120. The van der Waals surface area contributed by atoms with E-state index in [-0.39, 0.29) is 0 Å². The Bertz CT molecular complexity index is 494. The molecule has 4 nitrogen and oxygen atoms in total. The largest absolute Gasteiger partial charge is 0.454 e. The van der Waals surface area contributed by atoms with Crippen LogP contribution < -0.4 is 14.8 Å². The van der Waals surface area contributed by atoms with Crippen LogP contribution in [0.25, 0.3) is 0 Å². The number of benzene rings is 1. The number of nitrogens with one attached hydrogen (secondary N) is 1. The number of hydrogen-bond donors (Lipinski definition) is 1. The van der Waals surface area contributed by atoms with Crippen molar-refractivity contribution in [3.05, 3.63) is 23.8 Å². The van der Waals surface area contributed by atoms with E-state index in [1.54, 1.807) is 0 Å². The molecule has 0 radical (unpaired) electrons. The summed E-state index contributed by atoms with van der Waals surface area (Å²) in [7, 11) is 0. The highest BCUT2D eigenvalue weighted by atomic mass is 16.7. The van der Waals surface area contributed by atoms with Crippen LogP contribution in [0.4, 0.5) is 0 Å².